The van der Waals surface area contributed by atoms with E-state index in [1.165, 1.54) is 29.6 Å². The van der Waals surface area contributed by atoms with E-state index in [1.807, 2.05) is 19.9 Å². The molecule has 0 bridgehead atoms. The van der Waals surface area contributed by atoms with E-state index in [0.717, 1.165) is 6.42 Å². The van der Waals surface area contributed by atoms with Crippen molar-refractivity contribution in [2.24, 2.45) is 11.8 Å². The Kier molecular flexibility index (Phi) is 7.22. The van der Waals surface area contributed by atoms with Crippen LogP contribution in [0.25, 0.3) is 0 Å². The predicted molar refractivity (Wildman–Crippen MR) is 99.8 cm³/mol. The van der Waals surface area contributed by atoms with Crippen LogP contribution in [0.5, 0.6) is 5.75 Å². The van der Waals surface area contributed by atoms with Gasteiger partial charge in [0.25, 0.3) is 0 Å². The van der Waals surface area contributed by atoms with Gasteiger partial charge >= 0.3 is 5.97 Å². The number of esters is 1. The highest BCUT2D eigenvalue weighted by atomic mass is 32.2. The number of carbonyl (C=O) groups is 1. The summed E-state index contributed by atoms with van der Waals surface area (Å²) in [7, 11) is -2.40. The highest BCUT2D eigenvalue weighted by Gasteiger charge is 2.34. The summed E-state index contributed by atoms with van der Waals surface area (Å²) in [5, 5.41) is 8.52. The summed E-state index contributed by atoms with van der Waals surface area (Å²) in [6.45, 7) is 5.06. The van der Waals surface area contributed by atoms with Gasteiger partial charge in [0, 0.05) is 19.5 Å². The second-order valence-electron chi connectivity index (χ2n) is 7.03. The van der Waals surface area contributed by atoms with Crippen LogP contribution in [0.4, 0.5) is 0 Å². The van der Waals surface area contributed by atoms with E-state index in [1.54, 1.807) is 0 Å². The van der Waals surface area contributed by atoms with Gasteiger partial charge in [0.1, 0.15) is 10.6 Å². The lowest BCUT2D eigenvalue weighted by Gasteiger charge is -2.34. The van der Waals surface area contributed by atoms with E-state index >= 15 is 0 Å². The van der Waals surface area contributed by atoms with Crippen molar-refractivity contribution in [2.75, 3.05) is 26.8 Å². The molecule has 2 unspecified atom stereocenters. The van der Waals surface area contributed by atoms with Crippen LogP contribution in [-0.2, 0) is 14.8 Å². The molecule has 1 fully saturated rings. The molecule has 1 aliphatic rings. The minimum atomic E-state index is -3.80. The Bertz CT molecular complexity index is 806. The molecule has 0 radical (unpaired) electrons. The summed E-state index contributed by atoms with van der Waals surface area (Å²) in [5.41, 5.74) is 0.143. The monoisotopic (exact) mass is 394 g/mol. The molecule has 2 atom stereocenters. The molecule has 0 amide bonds. The molecule has 0 N–H and O–H groups in total. The fourth-order valence-electron chi connectivity index (χ4n) is 3.35. The molecular formula is C19H26N2O5S. The number of nitrogens with zero attached hydrogens (tertiary/aromatic N) is 2. The molecule has 27 heavy (non-hydrogen) atoms. The van der Waals surface area contributed by atoms with Gasteiger partial charge in [-0.15, -0.1) is 0 Å². The fraction of sp³-hybridized carbons (Fsp3) is 0.579. The van der Waals surface area contributed by atoms with Crippen LogP contribution in [0, 0.1) is 23.2 Å². The molecule has 7 nitrogen and oxygen atoms in total. The van der Waals surface area contributed by atoms with Gasteiger partial charge < -0.3 is 9.47 Å². The molecular weight excluding hydrogens is 368 g/mol. The van der Waals surface area contributed by atoms with Crippen molar-refractivity contribution < 1.29 is 22.7 Å². The highest BCUT2D eigenvalue weighted by molar-refractivity contribution is 7.89. The summed E-state index contributed by atoms with van der Waals surface area (Å²) in [5.74, 6) is 0.111. The Morgan fingerprint density at radius 3 is 2.56 bits per heavy atom. The van der Waals surface area contributed by atoms with Crippen LogP contribution in [0.3, 0.4) is 0 Å². The van der Waals surface area contributed by atoms with Crippen LogP contribution < -0.4 is 4.74 Å². The number of carbonyl (C=O) groups excluding carboxylic acids is 1. The van der Waals surface area contributed by atoms with Gasteiger partial charge in [-0.05, 0) is 42.9 Å². The zero-order valence-electron chi connectivity index (χ0n) is 16.0. The summed E-state index contributed by atoms with van der Waals surface area (Å²) >= 11 is 0. The second kappa shape index (κ2) is 9.20. The molecule has 8 heteroatoms. The highest BCUT2D eigenvalue weighted by Crippen LogP contribution is 2.32. The maximum atomic E-state index is 13.2. The van der Waals surface area contributed by atoms with Gasteiger partial charge in [-0.1, -0.05) is 13.8 Å². The first kappa shape index (κ1) is 21.2. The fourth-order valence-corrected chi connectivity index (χ4v) is 5.21. The van der Waals surface area contributed by atoms with E-state index in [-0.39, 0.29) is 34.7 Å². The molecule has 0 saturated carbocycles. The summed E-state index contributed by atoms with van der Waals surface area (Å²) in [4.78, 5) is 12.2. The number of hydrogen-bond acceptors (Lipinski definition) is 6. The number of piperidine rings is 1. The van der Waals surface area contributed by atoms with Crippen molar-refractivity contribution in [3.05, 3.63) is 23.8 Å². The molecule has 0 spiro atoms. The number of hydrogen-bond donors (Lipinski definition) is 0. The minimum Gasteiger partial charge on any atom is -0.495 e. The van der Waals surface area contributed by atoms with Gasteiger partial charge in [0.05, 0.1) is 25.3 Å². The maximum Gasteiger partial charge on any atom is 0.338 e. The van der Waals surface area contributed by atoms with E-state index in [4.69, 9.17) is 14.7 Å². The number of sulfonamides is 1. The summed E-state index contributed by atoms with van der Waals surface area (Å²) < 4.78 is 38.2. The lowest BCUT2D eigenvalue weighted by atomic mass is 9.94. The summed E-state index contributed by atoms with van der Waals surface area (Å²) in [6, 6.07) is 6.23. The Hall–Kier alpha value is -2.11. The van der Waals surface area contributed by atoms with Gasteiger partial charge in [-0.3, -0.25) is 0 Å². The molecule has 2 rings (SSSR count). The first-order chi connectivity index (χ1) is 12.8. The average molecular weight is 394 g/mol. The Morgan fingerprint density at radius 1 is 1.30 bits per heavy atom. The molecule has 1 aliphatic heterocycles. The molecule has 148 valence electrons. The first-order valence-electron chi connectivity index (χ1n) is 9.01. The number of rotatable bonds is 7. The van der Waals surface area contributed by atoms with Crippen molar-refractivity contribution in [3.8, 4) is 11.8 Å². The third kappa shape index (κ3) is 5.21. The number of methoxy groups -OCH3 is 1. The Labute approximate surface area is 160 Å². The van der Waals surface area contributed by atoms with Crippen molar-refractivity contribution in [3.63, 3.8) is 0 Å². The lowest BCUT2D eigenvalue weighted by Crippen LogP contribution is -2.42. The van der Waals surface area contributed by atoms with Crippen molar-refractivity contribution in [1.82, 2.24) is 4.31 Å². The zero-order valence-corrected chi connectivity index (χ0v) is 16.8. The van der Waals surface area contributed by atoms with Crippen LogP contribution in [-0.4, -0.2) is 45.5 Å². The smallest absolute Gasteiger partial charge is 0.338 e. The van der Waals surface area contributed by atoms with Crippen LogP contribution >= 0.6 is 0 Å². The van der Waals surface area contributed by atoms with Crippen LogP contribution in [0.15, 0.2) is 23.1 Å². The molecule has 1 aromatic carbocycles. The van der Waals surface area contributed by atoms with E-state index < -0.39 is 16.0 Å². The number of unbranched alkanes of at least 4 members (excludes halogenated alkanes) is 1. The van der Waals surface area contributed by atoms with Gasteiger partial charge in [0.2, 0.25) is 10.0 Å². The van der Waals surface area contributed by atoms with E-state index in [0.29, 0.717) is 25.9 Å². The van der Waals surface area contributed by atoms with E-state index in [2.05, 4.69) is 0 Å². The largest absolute Gasteiger partial charge is 0.495 e. The second-order valence-corrected chi connectivity index (χ2v) is 8.94. The lowest BCUT2D eigenvalue weighted by molar-refractivity contribution is 0.0501. The van der Waals surface area contributed by atoms with Gasteiger partial charge in [-0.25, -0.2) is 13.2 Å². The Balaban J connectivity index is 2.29. The third-order valence-electron chi connectivity index (χ3n) is 4.52. The van der Waals surface area contributed by atoms with Crippen molar-refractivity contribution >= 4 is 16.0 Å². The first-order valence-corrected chi connectivity index (χ1v) is 10.5. The molecule has 1 heterocycles. The van der Waals surface area contributed by atoms with Crippen LogP contribution in [0.1, 0.15) is 43.5 Å². The molecule has 0 aromatic heterocycles. The van der Waals surface area contributed by atoms with Gasteiger partial charge in [0.15, 0.2) is 0 Å². The number of ether oxygens (including phenoxy) is 2. The maximum absolute atomic E-state index is 13.2. The average Bonchev–Trinajstić information content (AvgIpc) is 2.63. The van der Waals surface area contributed by atoms with Crippen molar-refractivity contribution in [1.29, 1.82) is 5.26 Å². The van der Waals surface area contributed by atoms with Crippen LogP contribution in [0.2, 0.25) is 0 Å². The van der Waals surface area contributed by atoms with Crippen molar-refractivity contribution in [2.45, 2.75) is 38.0 Å². The standard InChI is InChI=1S/C19H26N2O5S/c1-14-10-15(2)13-21(12-14)27(23,24)18-11-16(6-7-17(18)25-3)19(22)26-9-5-4-8-20/h6-7,11,14-15H,4-5,9-10,12-13H2,1-3H3. The van der Waals surface area contributed by atoms with Gasteiger partial charge in [-0.2, -0.15) is 9.57 Å². The quantitative estimate of drug-likeness (QED) is 0.521. The van der Waals surface area contributed by atoms with E-state index in [9.17, 15) is 13.2 Å². The minimum absolute atomic E-state index is 0.0298. The number of nitriles is 1. The summed E-state index contributed by atoms with van der Waals surface area (Å²) in [6.07, 6.45) is 1.71. The number of benzene rings is 1. The molecule has 1 saturated heterocycles. The Morgan fingerprint density at radius 2 is 1.96 bits per heavy atom. The third-order valence-corrected chi connectivity index (χ3v) is 6.37. The topological polar surface area (TPSA) is 96.7 Å². The SMILES string of the molecule is COc1ccc(C(=O)OCCCC#N)cc1S(=O)(=O)N1CC(C)CC(C)C1. The predicted octanol–water partition coefficient (Wildman–Crippen LogP) is 2.82. The zero-order chi connectivity index (χ0) is 20.0. The molecule has 1 aromatic rings. The normalized spacial score (nSPS) is 20.7. The molecule has 0 aliphatic carbocycles.